The van der Waals surface area contributed by atoms with E-state index in [-0.39, 0.29) is 0 Å². The van der Waals surface area contributed by atoms with Gasteiger partial charge in [0.1, 0.15) is 0 Å². The Morgan fingerprint density at radius 3 is 3.00 bits per heavy atom. The smallest absolute Gasteiger partial charge is 0.0733 e. The Bertz CT molecular complexity index is 354. The molecule has 4 atom stereocenters. The highest BCUT2D eigenvalue weighted by Crippen LogP contribution is 2.35. The van der Waals surface area contributed by atoms with E-state index in [0.29, 0.717) is 24.3 Å². The normalized spacial score (nSPS) is 34.2. The number of hydrogen-bond donors (Lipinski definition) is 1. The van der Waals surface area contributed by atoms with Crippen LogP contribution in [0.2, 0.25) is 0 Å². The van der Waals surface area contributed by atoms with E-state index < -0.39 is 0 Å². The molecule has 2 saturated heterocycles. The maximum Gasteiger partial charge on any atom is 0.0733 e. The lowest BCUT2D eigenvalue weighted by Gasteiger charge is -2.24. The molecule has 2 fully saturated rings. The molecule has 0 spiro atoms. The molecule has 2 aliphatic heterocycles. The summed E-state index contributed by atoms with van der Waals surface area (Å²) in [5.41, 5.74) is 1.12. The molecule has 2 bridgehead atoms. The number of hydrogen-bond acceptors (Lipinski definition) is 3. The van der Waals surface area contributed by atoms with E-state index in [0.717, 1.165) is 5.69 Å². The molecule has 0 amide bonds. The monoisotopic (exact) mass is 218 g/mol. The molecular formula is C13H18N2O. The van der Waals surface area contributed by atoms with Gasteiger partial charge in [-0.05, 0) is 38.3 Å². The molecule has 16 heavy (non-hydrogen) atoms. The van der Waals surface area contributed by atoms with E-state index in [1.54, 1.807) is 0 Å². The van der Waals surface area contributed by atoms with Gasteiger partial charge in [-0.2, -0.15) is 0 Å². The van der Waals surface area contributed by atoms with E-state index in [2.05, 4.69) is 23.3 Å². The van der Waals surface area contributed by atoms with Crippen LogP contribution in [-0.2, 0) is 4.74 Å². The predicted octanol–water partition coefficient (Wildman–Crippen LogP) is 2.05. The minimum Gasteiger partial charge on any atom is -0.373 e. The predicted molar refractivity (Wildman–Crippen MR) is 62.1 cm³/mol. The third-order valence-electron chi connectivity index (χ3n) is 3.70. The van der Waals surface area contributed by atoms with Crippen molar-refractivity contribution in [1.82, 2.24) is 10.3 Å². The van der Waals surface area contributed by atoms with Crippen LogP contribution in [0.25, 0.3) is 0 Å². The molecule has 3 heterocycles. The highest BCUT2D eigenvalue weighted by atomic mass is 16.5. The van der Waals surface area contributed by atoms with E-state index >= 15 is 0 Å². The summed E-state index contributed by atoms with van der Waals surface area (Å²) >= 11 is 0. The maximum atomic E-state index is 5.84. The quantitative estimate of drug-likeness (QED) is 0.843. The summed E-state index contributed by atoms with van der Waals surface area (Å²) < 4.78 is 5.84. The first-order chi connectivity index (χ1) is 7.83. The van der Waals surface area contributed by atoms with Gasteiger partial charge < -0.3 is 10.1 Å². The van der Waals surface area contributed by atoms with Crippen molar-refractivity contribution in [3.63, 3.8) is 0 Å². The molecule has 1 N–H and O–H groups in total. The van der Waals surface area contributed by atoms with Gasteiger partial charge in [-0.1, -0.05) is 6.07 Å². The van der Waals surface area contributed by atoms with E-state index in [9.17, 15) is 0 Å². The summed E-state index contributed by atoms with van der Waals surface area (Å²) in [6.45, 7) is 2.17. The lowest BCUT2D eigenvalue weighted by molar-refractivity contribution is 0.0962. The standard InChI is InChI=1S/C13H18N2O/c1-9(11-4-2-3-7-14-11)15-12-8-10-5-6-13(12)16-10/h2-4,7,9-10,12-13,15H,5-6,8H2,1H3. The largest absolute Gasteiger partial charge is 0.373 e. The summed E-state index contributed by atoms with van der Waals surface area (Å²) in [7, 11) is 0. The molecule has 1 aromatic rings. The minimum atomic E-state index is 0.314. The van der Waals surface area contributed by atoms with Crippen molar-refractivity contribution < 1.29 is 4.74 Å². The van der Waals surface area contributed by atoms with Crippen molar-refractivity contribution in [2.24, 2.45) is 0 Å². The first-order valence-corrected chi connectivity index (χ1v) is 6.15. The summed E-state index contributed by atoms with van der Waals surface area (Å²) in [6.07, 6.45) is 6.44. The zero-order chi connectivity index (χ0) is 11.0. The zero-order valence-electron chi connectivity index (χ0n) is 9.60. The van der Waals surface area contributed by atoms with E-state index in [1.807, 2.05) is 18.3 Å². The fourth-order valence-electron chi connectivity index (χ4n) is 2.85. The second-order valence-corrected chi connectivity index (χ2v) is 4.86. The summed E-state index contributed by atoms with van der Waals surface area (Å²) in [4.78, 5) is 4.38. The second kappa shape index (κ2) is 4.15. The van der Waals surface area contributed by atoms with E-state index in [4.69, 9.17) is 4.74 Å². The molecule has 86 valence electrons. The lowest BCUT2D eigenvalue weighted by atomic mass is 9.94. The van der Waals surface area contributed by atoms with Crippen LogP contribution in [-0.4, -0.2) is 23.2 Å². The lowest BCUT2D eigenvalue weighted by Crippen LogP contribution is -2.39. The SMILES string of the molecule is CC(NC1CC2CCC1O2)c1ccccn1. The number of aromatic nitrogens is 1. The fourth-order valence-corrected chi connectivity index (χ4v) is 2.85. The summed E-state index contributed by atoms with van der Waals surface area (Å²) in [6, 6.07) is 6.91. The molecule has 3 heteroatoms. The molecule has 0 saturated carbocycles. The Kier molecular flexibility index (Phi) is 2.65. The Balaban J connectivity index is 1.63. The van der Waals surface area contributed by atoms with Crippen molar-refractivity contribution >= 4 is 0 Å². The van der Waals surface area contributed by atoms with Gasteiger partial charge in [-0.3, -0.25) is 4.98 Å². The minimum absolute atomic E-state index is 0.314. The van der Waals surface area contributed by atoms with Crippen LogP contribution < -0.4 is 5.32 Å². The number of nitrogens with one attached hydrogen (secondary N) is 1. The topological polar surface area (TPSA) is 34.1 Å². The van der Waals surface area contributed by atoms with Gasteiger partial charge in [0.25, 0.3) is 0 Å². The van der Waals surface area contributed by atoms with Gasteiger partial charge in [-0.25, -0.2) is 0 Å². The Morgan fingerprint density at radius 2 is 2.38 bits per heavy atom. The third-order valence-corrected chi connectivity index (χ3v) is 3.70. The first-order valence-electron chi connectivity index (χ1n) is 6.15. The van der Waals surface area contributed by atoms with Crippen molar-refractivity contribution in [2.45, 2.75) is 50.5 Å². The molecule has 0 aliphatic carbocycles. The van der Waals surface area contributed by atoms with Crippen LogP contribution in [0, 0.1) is 0 Å². The fraction of sp³-hybridized carbons (Fsp3) is 0.615. The van der Waals surface area contributed by atoms with Crippen LogP contribution >= 0.6 is 0 Å². The molecule has 2 aliphatic rings. The van der Waals surface area contributed by atoms with Crippen LogP contribution in [0.4, 0.5) is 0 Å². The van der Waals surface area contributed by atoms with Gasteiger partial charge in [0.15, 0.2) is 0 Å². The average Bonchev–Trinajstić information content (AvgIpc) is 2.92. The van der Waals surface area contributed by atoms with Gasteiger partial charge in [0.2, 0.25) is 0 Å². The van der Waals surface area contributed by atoms with Crippen LogP contribution in [0.15, 0.2) is 24.4 Å². The van der Waals surface area contributed by atoms with Crippen LogP contribution in [0.1, 0.15) is 37.9 Å². The van der Waals surface area contributed by atoms with Gasteiger partial charge in [0, 0.05) is 18.3 Å². The third kappa shape index (κ3) is 1.85. The van der Waals surface area contributed by atoms with Crippen LogP contribution in [0.5, 0.6) is 0 Å². The maximum absolute atomic E-state index is 5.84. The number of rotatable bonds is 3. The molecule has 3 nitrogen and oxygen atoms in total. The van der Waals surface area contributed by atoms with Gasteiger partial charge >= 0.3 is 0 Å². The Morgan fingerprint density at radius 1 is 1.44 bits per heavy atom. The van der Waals surface area contributed by atoms with Crippen molar-refractivity contribution in [3.8, 4) is 0 Å². The summed E-state index contributed by atoms with van der Waals surface area (Å²) in [5, 5.41) is 3.64. The second-order valence-electron chi connectivity index (χ2n) is 4.86. The van der Waals surface area contributed by atoms with Crippen molar-refractivity contribution in [2.75, 3.05) is 0 Å². The summed E-state index contributed by atoms with van der Waals surface area (Å²) in [5.74, 6) is 0. The molecular weight excluding hydrogens is 200 g/mol. The van der Waals surface area contributed by atoms with Gasteiger partial charge in [0.05, 0.1) is 17.9 Å². The molecule has 4 unspecified atom stereocenters. The zero-order valence-corrected chi connectivity index (χ0v) is 9.60. The van der Waals surface area contributed by atoms with Crippen molar-refractivity contribution in [3.05, 3.63) is 30.1 Å². The molecule has 0 radical (unpaired) electrons. The first kappa shape index (κ1) is 10.2. The van der Waals surface area contributed by atoms with Gasteiger partial charge in [-0.15, -0.1) is 0 Å². The van der Waals surface area contributed by atoms with Crippen LogP contribution in [0.3, 0.4) is 0 Å². The molecule has 3 rings (SSSR count). The highest BCUT2D eigenvalue weighted by Gasteiger charge is 2.41. The number of pyridine rings is 1. The number of nitrogens with zero attached hydrogens (tertiary/aromatic N) is 1. The number of ether oxygens (including phenoxy) is 1. The Hall–Kier alpha value is -0.930. The van der Waals surface area contributed by atoms with Crippen molar-refractivity contribution in [1.29, 1.82) is 0 Å². The molecule has 0 aromatic carbocycles. The van der Waals surface area contributed by atoms with E-state index in [1.165, 1.54) is 19.3 Å². The number of fused-ring (bicyclic) bond motifs is 2. The average molecular weight is 218 g/mol. The molecule has 1 aromatic heterocycles. The Labute approximate surface area is 96.2 Å². The highest BCUT2D eigenvalue weighted by molar-refractivity contribution is 5.09.